The molecule has 2 fully saturated rings. The fourth-order valence-electron chi connectivity index (χ4n) is 3.81. The van der Waals surface area contributed by atoms with Gasteiger partial charge in [-0.3, -0.25) is 9.59 Å². The highest BCUT2D eigenvalue weighted by atomic mass is 16.3. The average Bonchev–Trinajstić information content (AvgIpc) is 3.17. The third-order valence-corrected chi connectivity index (χ3v) is 5.42. The zero-order valence-electron chi connectivity index (χ0n) is 15.3. The fourth-order valence-corrected chi connectivity index (χ4v) is 3.81. The molecule has 2 N–H and O–H groups in total. The second kappa shape index (κ2) is 6.70. The molecule has 0 bridgehead atoms. The largest absolute Gasteiger partial charge is 0.506 e. The third kappa shape index (κ3) is 3.80. The Balaban J connectivity index is 1.69. The van der Waals surface area contributed by atoms with Gasteiger partial charge in [0.15, 0.2) is 0 Å². The first-order chi connectivity index (χ1) is 11.8. The van der Waals surface area contributed by atoms with Crippen molar-refractivity contribution in [3.05, 3.63) is 23.8 Å². The Morgan fingerprint density at radius 3 is 2.56 bits per heavy atom. The van der Waals surface area contributed by atoms with Gasteiger partial charge in [0, 0.05) is 19.0 Å². The van der Waals surface area contributed by atoms with Crippen molar-refractivity contribution < 1.29 is 14.7 Å². The van der Waals surface area contributed by atoms with Crippen molar-refractivity contribution in [2.45, 2.75) is 64.3 Å². The number of amides is 2. The summed E-state index contributed by atoms with van der Waals surface area (Å²) in [6.45, 7) is 6.75. The molecular weight excluding hydrogens is 316 g/mol. The van der Waals surface area contributed by atoms with Crippen molar-refractivity contribution in [1.29, 1.82) is 0 Å². The number of phenols is 1. The summed E-state index contributed by atoms with van der Waals surface area (Å²) in [6, 6.07) is 5.61. The first kappa shape index (κ1) is 17.8. The number of carbonyl (C=O) groups excluding carboxylic acids is 2. The van der Waals surface area contributed by atoms with Crippen molar-refractivity contribution in [2.75, 3.05) is 11.9 Å². The van der Waals surface area contributed by atoms with Crippen LogP contribution < -0.4 is 5.32 Å². The Morgan fingerprint density at radius 1 is 1.24 bits per heavy atom. The van der Waals surface area contributed by atoms with Gasteiger partial charge in [-0.1, -0.05) is 39.7 Å². The second-order valence-corrected chi connectivity index (χ2v) is 8.36. The maximum Gasteiger partial charge on any atom is 0.229 e. The number of likely N-dealkylation sites (tertiary alicyclic amines) is 1. The Hall–Kier alpha value is -2.04. The van der Waals surface area contributed by atoms with Crippen molar-refractivity contribution in [3.63, 3.8) is 0 Å². The van der Waals surface area contributed by atoms with E-state index < -0.39 is 0 Å². The van der Waals surface area contributed by atoms with Crippen LogP contribution in [0.15, 0.2) is 18.2 Å². The van der Waals surface area contributed by atoms with Crippen LogP contribution in [-0.2, 0) is 15.0 Å². The molecule has 0 radical (unpaired) electrons. The third-order valence-electron chi connectivity index (χ3n) is 5.42. The zero-order chi connectivity index (χ0) is 18.2. The lowest BCUT2D eigenvalue weighted by Crippen LogP contribution is -2.35. The highest BCUT2D eigenvalue weighted by Gasteiger charge is 2.38. The second-order valence-electron chi connectivity index (χ2n) is 8.36. The average molecular weight is 344 g/mol. The summed E-state index contributed by atoms with van der Waals surface area (Å²) in [4.78, 5) is 26.8. The van der Waals surface area contributed by atoms with Gasteiger partial charge in [0.05, 0.1) is 11.6 Å². The number of nitrogens with one attached hydrogen (secondary N) is 1. The van der Waals surface area contributed by atoms with Gasteiger partial charge in [0.1, 0.15) is 5.75 Å². The van der Waals surface area contributed by atoms with Gasteiger partial charge in [-0.05, 0) is 36.0 Å². The molecule has 5 heteroatoms. The number of carbonyl (C=O) groups is 2. The summed E-state index contributed by atoms with van der Waals surface area (Å²) in [6.07, 6.45) is 4.70. The molecular formula is C20H28N2O3. The number of benzene rings is 1. The molecule has 2 amide bonds. The summed E-state index contributed by atoms with van der Waals surface area (Å²) < 4.78 is 0. The number of anilines is 1. The monoisotopic (exact) mass is 344 g/mol. The van der Waals surface area contributed by atoms with Crippen LogP contribution in [-0.4, -0.2) is 34.4 Å². The van der Waals surface area contributed by atoms with Gasteiger partial charge >= 0.3 is 0 Å². The molecule has 1 aromatic rings. The molecule has 1 atom stereocenters. The summed E-state index contributed by atoms with van der Waals surface area (Å²) in [5.74, 6) is -0.390. The molecule has 1 heterocycles. The first-order valence-electron chi connectivity index (χ1n) is 9.19. The molecule has 25 heavy (non-hydrogen) atoms. The van der Waals surface area contributed by atoms with Crippen LogP contribution in [0.25, 0.3) is 0 Å². The lowest BCUT2D eigenvalue weighted by atomic mass is 9.87. The van der Waals surface area contributed by atoms with Gasteiger partial charge in [-0.25, -0.2) is 0 Å². The smallest absolute Gasteiger partial charge is 0.229 e. The zero-order valence-corrected chi connectivity index (χ0v) is 15.3. The van der Waals surface area contributed by atoms with E-state index in [2.05, 4.69) is 26.1 Å². The van der Waals surface area contributed by atoms with Crippen LogP contribution in [0.4, 0.5) is 5.69 Å². The van der Waals surface area contributed by atoms with Crippen molar-refractivity contribution >= 4 is 17.5 Å². The van der Waals surface area contributed by atoms with E-state index in [9.17, 15) is 14.7 Å². The number of phenolic OH excluding ortho intramolecular Hbond substituents is 1. The molecule has 1 aliphatic heterocycles. The minimum atomic E-state index is -0.342. The predicted octanol–water partition coefficient (Wildman–Crippen LogP) is 3.42. The number of nitrogens with zero attached hydrogens (tertiary/aromatic N) is 1. The number of aromatic hydroxyl groups is 1. The van der Waals surface area contributed by atoms with Crippen molar-refractivity contribution in [1.82, 2.24) is 4.90 Å². The summed E-state index contributed by atoms with van der Waals surface area (Å²) in [7, 11) is 0. The van der Waals surface area contributed by atoms with Crippen LogP contribution in [0.3, 0.4) is 0 Å². The lowest BCUT2D eigenvalue weighted by Gasteiger charge is -2.24. The molecule has 1 aromatic carbocycles. The van der Waals surface area contributed by atoms with E-state index in [4.69, 9.17) is 0 Å². The molecule has 1 unspecified atom stereocenters. The molecule has 1 aliphatic carbocycles. The molecule has 2 aliphatic rings. The lowest BCUT2D eigenvalue weighted by molar-refractivity contribution is -0.129. The Bertz CT molecular complexity index is 672. The minimum Gasteiger partial charge on any atom is -0.506 e. The SMILES string of the molecule is CC(C)(C)c1ccc(O)c(NC(=O)C2CC(=O)N(C3CCCC3)C2)c1. The Kier molecular flexibility index (Phi) is 4.76. The highest BCUT2D eigenvalue weighted by Crippen LogP contribution is 2.33. The van der Waals surface area contributed by atoms with Crippen LogP contribution in [0.2, 0.25) is 0 Å². The minimum absolute atomic E-state index is 0.0540. The van der Waals surface area contributed by atoms with Crippen LogP contribution in [0.5, 0.6) is 5.75 Å². The van der Waals surface area contributed by atoms with Crippen LogP contribution >= 0.6 is 0 Å². The van der Waals surface area contributed by atoms with E-state index in [1.165, 1.54) is 12.8 Å². The molecule has 0 spiro atoms. The van der Waals surface area contributed by atoms with Gasteiger partial charge in [-0.15, -0.1) is 0 Å². The van der Waals surface area contributed by atoms with Crippen molar-refractivity contribution in [2.24, 2.45) is 5.92 Å². The standard InChI is InChI=1S/C20H28N2O3/c1-20(2,3)14-8-9-17(23)16(11-14)21-19(25)13-10-18(24)22(12-13)15-6-4-5-7-15/h8-9,11,13,15,23H,4-7,10,12H2,1-3H3,(H,21,25). The number of hydrogen-bond donors (Lipinski definition) is 2. The maximum absolute atomic E-state index is 12.6. The predicted molar refractivity (Wildman–Crippen MR) is 97.5 cm³/mol. The summed E-state index contributed by atoms with van der Waals surface area (Å²) in [5, 5.41) is 12.9. The number of hydrogen-bond acceptors (Lipinski definition) is 3. The Morgan fingerprint density at radius 2 is 1.92 bits per heavy atom. The molecule has 5 nitrogen and oxygen atoms in total. The highest BCUT2D eigenvalue weighted by molar-refractivity contribution is 5.98. The van der Waals surface area contributed by atoms with E-state index >= 15 is 0 Å². The molecule has 3 rings (SSSR count). The van der Waals surface area contributed by atoms with Crippen molar-refractivity contribution in [3.8, 4) is 5.75 Å². The van der Waals surface area contributed by atoms with Gasteiger partial charge in [0.2, 0.25) is 11.8 Å². The van der Waals surface area contributed by atoms with E-state index in [-0.39, 0.29) is 35.3 Å². The normalized spacial score (nSPS) is 21.8. The molecule has 136 valence electrons. The summed E-state index contributed by atoms with van der Waals surface area (Å²) in [5.41, 5.74) is 1.38. The van der Waals surface area contributed by atoms with E-state index in [1.54, 1.807) is 6.07 Å². The van der Waals surface area contributed by atoms with E-state index in [1.807, 2.05) is 17.0 Å². The number of rotatable bonds is 3. The van der Waals surface area contributed by atoms with E-state index in [0.717, 1.165) is 18.4 Å². The maximum atomic E-state index is 12.6. The fraction of sp³-hybridized carbons (Fsp3) is 0.600. The molecule has 1 saturated heterocycles. The van der Waals surface area contributed by atoms with Crippen LogP contribution in [0.1, 0.15) is 58.4 Å². The van der Waals surface area contributed by atoms with Gasteiger partial charge in [-0.2, -0.15) is 0 Å². The Labute approximate surface area is 149 Å². The molecule has 0 aromatic heterocycles. The quantitative estimate of drug-likeness (QED) is 0.826. The molecule has 1 saturated carbocycles. The van der Waals surface area contributed by atoms with Crippen LogP contribution in [0, 0.1) is 5.92 Å². The first-order valence-corrected chi connectivity index (χ1v) is 9.19. The van der Waals surface area contributed by atoms with Gasteiger partial charge in [0.25, 0.3) is 0 Å². The van der Waals surface area contributed by atoms with Gasteiger partial charge < -0.3 is 15.3 Å². The summed E-state index contributed by atoms with van der Waals surface area (Å²) >= 11 is 0. The topological polar surface area (TPSA) is 69.6 Å². The van der Waals surface area contributed by atoms with E-state index in [0.29, 0.717) is 18.3 Å².